The molecule has 0 spiro atoms. The fourth-order valence-corrected chi connectivity index (χ4v) is 2.47. The Morgan fingerprint density at radius 1 is 1.07 bits per heavy atom. The van der Waals surface area contributed by atoms with Gasteiger partial charge in [-0.15, -0.1) is 0 Å². The Kier molecular flexibility index (Phi) is 9.04. The molecule has 0 heterocycles. The highest BCUT2D eigenvalue weighted by molar-refractivity contribution is 6.02. The van der Waals surface area contributed by atoms with Crippen LogP contribution >= 0.6 is 0 Å². The summed E-state index contributed by atoms with van der Waals surface area (Å²) in [5.74, 6) is -0.903. The molecule has 0 saturated heterocycles. The highest BCUT2D eigenvalue weighted by Crippen LogP contribution is 2.25. The molecule has 0 radical (unpaired) electrons. The normalized spacial score (nSPS) is 11.5. The van der Waals surface area contributed by atoms with Gasteiger partial charge in [0.05, 0.1) is 6.61 Å². The predicted octanol–water partition coefficient (Wildman–Crippen LogP) is 2.12. The molecule has 4 N–H and O–H groups in total. The number of hydrogen-bond donors (Lipinski definition) is 4. The van der Waals surface area contributed by atoms with Crippen molar-refractivity contribution in [2.24, 2.45) is 0 Å². The van der Waals surface area contributed by atoms with Crippen LogP contribution in [-0.4, -0.2) is 41.4 Å². The van der Waals surface area contributed by atoms with Crippen molar-refractivity contribution in [1.82, 2.24) is 10.8 Å². The van der Waals surface area contributed by atoms with Crippen molar-refractivity contribution in [2.75, 3.05) is 13.2 Å². The van der Waals surface area contributed by atoms with E-state index >= 15 is 0 Å². The fraction of sp³-hybridized carbons (Fsp3) is 0.190. The van der Waals surface area contributed by atoms with Gasteiger partial charge in [0.25, 0.3) is 11.8 Å². The van der Waals surface area contributed by atoms with Gasteiger partial charge in [-0.1, -0.05) is 36.4 Å². The molecule has 2 aromatic carbocycles. The van der Waals surface area contributed by atoms with Crippen molar-refractivity contribution >= 4 is 17.9 Å². The number of aliphatic hydroxyl groups is 1. The Labute approximate surface area is 172 Å². The molecule has 0 fully saturated rings. The summed E-state index contributed by atoms with van der Waals surface area (Å²) in [4.78, 5) is 35.6. The first-order valence-corrected chi connectivity index (χ1v) is 9.04. The molecule has 30 heavy (non-hydrogen) atoms. The van der Waals surface area contributed by atoms with E-state index in [4.69, 9.17) is 19.8 Å². The molecule has 158 valence electrons. The smallest absolute Gasteiger partial charge is 0.414 e. The molecule has 2 aromatic rings. The van der Waals surface area contributed by atoms with Crippen LogP contribution in [0.4, 0.5) is 4.79 Å². The summed E-state index contributed by atoms with van der Waals surface area (Å²) in [5.41, 5.74) is 2.30. The molecular formula is C21H22N2O7. The number of ether oxygens (including phenoxy) is 2. The van der Waals surface area contributed by atoms with Crippen molar-refractivity contribution in [3.63, 3.8) is 0 Å². The van der Waals surface area contributed by atoms with Gasteiger partial charge < -0.3 is 14.6 Å². The molecule has 0 aliphatic heterocycles. The van der Waals surface area contributed by atoms with Crippen LogP contribution in [0, 0.1) is 0 Å². The number of hydrogen-bond acceptors (Lipinski definition) is 7. The van der Waals surface area contributed by atoms with Gasteiger partial charge >= 0.3 is 6.09 Å². The SMILES string of the molecule is O=C(/C=C/C[C@@H](OC(=O)NC(=O)c1ccccc1)c1cccc(OCCO)c1)NO. The second-order valence-corrected chi connectivity index (χ2v) is 5.97. The Bertz CT molecular complexity index is 884. The van der Waals surface area contributed by atoms with E-state index in [-0.39, 0.29) is 19.6 Å². The summed E-state index contributed by atoms with van der Waals surface area (Å²) in [7, 11) is 0. The van der Waals surface area contributed by atoms with Gasteiger partial charge in [-0.3, -0.25) is 20.1 Å². The molecule has 0 saturated carbocycles. The second-order valence-electron chi connectivity index (χ2n) is 5.97. The zero-order valence-electron chi connectivity index (χ0n) is 16.0. The third kappa shape index (κ3) is 7.38. The summed E-state index contributed by atoms with van der Waals surface area (Å²) in [5, 5.41) is 19.6. The molecule has 9 heteroatoms. The lowest BCUT2D eigenvalue weighted by Gasteiger charge is -2.18. The van der Waals surface area contributed by atoms with Crippen LogP contribution in [0.3, 0.4) is 0 Å². The van der Waals surface area contributed by atoms with Gasteiger partial charge in [-0.05, 0) is 29.8 Å². The number of alkyl carbamates (subject to hydrolysis) is 1. The van der Waals surface area contributed by atoms with Crippen molar-refractivity contribution in [3.05, 3.63) is 77.9 Å². The molecule has 0 aliphatic rings. The number of aliphatic hydroxyl groups excluding tert-OH is 1. The zero-order valence-corrected chi connectivity index (χ0v) is 16.0. The molecule has 0 aliphatic carbocycles. The van der Waals surface area contributed by atoms with E-state index in [1.807, 2.05) is 0 Å². The third-order valence-electron chi connectivity index (χ3n) is 3.82. The standard InChI is InChI=1S/C21H22N2O7/c24-12-13-29-17-9-4-8-16(14-17)18(10-5-11-19(25)23-28)30-21(27)22-20(26)15-6-2-1-3-7-15/h1-9,11,14,18,24,28H,10,12-13H2,(H,23,25)(H,22,26,27)/b11-5+/t18-/m1/s1. The lowest BCUT2D eigenvalue weighted by atomic mass is 10.1. The topological polar surface area (TPSA) is 134 Å². The summed E-state index contributed by atoms with van der Waals surface area (Å²) >= 11 is 0. The molecule has 1 atom stereocenters. The average Bonchev–Trinajstić information content (AvgIpc) is 2.77. The monoisotopic (exact) mass is 414 g/mol. The van der Waals surface area contributed by atoms with Crippen LogP contribution in [-0.2, 0) is 9.53 Å². The minimum absolute atomic E-state index is 0.0871. The zero-order chi connectivity index (χ0) is 21.8. The minimum atomic E-state index is -0.962. The Balaban J connectivity index is 2.12. The predicted molar refractivity (Wildman–Crippen MR) is 106 cm³/mol. The van der Waals surface area contributed by atoms with E-state index in [2.05, 4.69) is 5.32 Å². The first kappa shape index (κ1) is 22.6. The van der Waals surface area contributed by atoms with Crippen LogP contribution in [0.1, 0.15) is 28.4 Å². The van der Waals surface area contributed by atoms with Crippen LogP contribution in [0.15, 0.2) is 66.7 Å². The largest absolute Gasteiger partial charge is 0.491 e. The number of hydroxylamine groups is 1. The minimum Gasteiger partial charge on any atom is -0.491 e. The molecule has 0 unspecified atom stereocenters. The van der Waals surface area contributed by atoms with E-state index in [0.717, 1.165) is 6.08 Å². The maximum Gasteiger partial charge on any atom is 0.414 e. The average molecular weight is 414 g/mol. The number of benzene rings is 2. The van der Waals surface area contributed by atoms with Crippen molar-refractivity contribution < 1.29 is 34.2 Å². The number of imide groups is 1. The van der Waals surface area contributed by atoms with E-state index in [1.165, 1.54) is 11.6 Å². The van der Waals surface area contributed by atoms with Crippen LogP contribution in [0.2, 0.25) is 0 Å². The van der Waals surface area contributed by atoms with Gasteiger partial charge in [-0.25, -0.2) is 10.3 Å². The lowest BCUT2D eigenvalue weighted by molar-refractivity contribution is -0.124. The number of carbonyl (C=O) groups excluding carboxylic acids is 3. The maximum atomic E-state index is 12.3. The first-order valence-electron chi connectivity index (χ1n) is 9.04. The Morgan fingerprint density at radius 3 is 2.53 bits per heavy atom. The number of carbonyl (C=O) groups is 3. The summed E-state index contributed by atoms with van der Waals surface area (Å²) in [6.45, 7) is -0.0647. The van der Waals surface area contributed by atoms with Gasteiger partial charge in [0.2, 0.25) is 0 Å². The van der Waals surface area contributed by atoms with Crippen LogP contribution in [0.5, 0.6) is 5.75 Å². The van der Waals surface area contributed by atoms with E-state index in [0.29, 0.717) is 16.9 Å². The third-order valence-corrected chi connectivity index (χ3v) is 3.82. The quantitative estimate of drug-likeness (QED) is 0.280. The molecule has 9 nitrogen and oxygen atoms in total. The van der Waals surface area contributed by atoms with E-state index < -0.39 is 24.0 Å². The van der Waals surface area contributed by atoms with E-state index in [9.17, 15) is 14.4 Å². The molecule has 0 bridgehead atoms. The Hall–Kier alpha value is -3.69. The number of rotatable bonds is 9. The highest BCUT2D eigenvalue weighted by atomic mass is 16.6. The van der Waals surface area contributed by atoms with Crippen LogP contribution in [0.25, 0.3) is 0 Å². The van der Waals surface area contributed by atoms with Crippen molar-refractivity contribution in [1.29, 1.82) is 0 Å². The van der Waals surface area contributed by atoms with Gasteiger partial charge in [0.1, 0.15) is 18.5 Å². The fourth-order valence-electron chi connectivity index (χ4n) is 2.47. The molecular weight excluding hydrogens is 392 g/mol. The molecule has 0 aromatic heterocycles. The second kappa shape index (κ2) is 12.0. The van der Waals surface area contributed by atoms with Gasteiger partial charge in [-0.2, -0.15) is 0 Å². The molecule has 3 amide bonds. The lowest BCUT2D eigenvalue weighted by Crippen LogP contribution is -2.32. The summed E-state index contributed by atoms with van der Waals surface area (Å²) < 4.78 is 10.7. The maximum absolute atomic E-state index is 12.3. The first-order chi connectivity index (χ1) is 14.5. The van der Waals surface area contributed by atoms with E-state index in [1.54, 1.807) is 54.6 Å². The number of amides is 3. The number of nitrogens with one attached hydrogen (secondary N) is 2. The van der Waals surface area contributed by atoms with Crippen molar-refractivity contribution in [2.45, 2.75) is 12.5 Å². The van der Waals surface area contributed by atoms with Crippen LogP contribution < -0.4 is 15.5 Å². The highest BCUT2D eigenvalue weighted by Gasteiger charge is 2.19. The van der Waals surface area contributed by atoms with Crippen molar-refractivity contribution in [3.8, 4) is 5.75 Å². The summed E-state index contributed by atoms with van der Waals surface area (Å²) in [6.07, 6.45) is 0.757. The Morgan fingerprint density at radius 2 is 1.83 bits per heavy atom. The molecule has 2 rings (SSSR count). The van der Waals surface area contributed by atoms with Gasteiger partial charge in [0, 0.05) is 18.1 Å². The summed E-state index contributed by atoms with van der Waals surface area (Å²) in [6, 6.07) is 14.8. The van der Waals surface area contributed by atoms with Gasteiger partial charge in [0.15, 0.2) is 0 Å².